The first kappa shape index (κ1) is 14.5. The van der Waals surface area contributed by atoms with Gasteiger partial charge in [0.1, 0.15) is 0 Å². The molecule has 0 aliphatic rings. The van der Waals surface area contributed by atoms with E-state index in [4.69, 9.17) is 9.47 Å². The second-order valence-electron chi connectivity index (χ2n) is 4.48. The summed E-state index contributed by atoms with van der Waals surface area (Å²) in [6.45, 7) is 10.6. The first-order valence-corrected chi connectivity index (χ1v) is 6.34. The fraction of sp³-hybridized carbons (Fsp3) is 0.750. The molecule has 18 heavy (non-hydrogen) atoms. The van der Waals surface area contributed by atoms with E-state index < -0.39 is 0 Å². The van der Waals surface area contributed by atoms with Crippen LogP contribution >= 0.6 is 0 Å². The number of hydrogen-bond donors (Lipinski definition) is 1. The maximum absolute atomic E-state index is 5.47. The molecule has 1 heterocycles. The second-order valence-corrected chi connectivity index (χ2v) is 4.48. The summed E-state index contributed by atoms with van der Waals surface area (Å²) in [7, 11) is 0. The Balaban J connectivity index is 2.88. The number of ether oxygens (including phenoxy) is 2. The molecule has 0 bridgehead atoms. The summed E-state index contributed by atoms with van der Waals surface area (Å²) in [4.78, 5) is 12.5. The van der Waals surface area contributed by atoms with Crippen molar-refractivity contribution in [3.63, 3.8) is 0 Å². The van der Waals surface area contributed by atoms with Crippen LogP contribution in [-0.4, -0.2) is 33.7 Å². The fourth-order valence-corrected chi connectivity index (χ4v) is 1.18. The van der Waals surface area contributed by atoms with Crippen molar-refractivity contribution in [3.8, 4) is 12.0 Å². The SMILES string of the molecule is CCCNc1nc(OC(C)C)nc(OC(C)C)n1. The summed E-state index contributed by atoms with van der Waals surface area (Å²) < 4.78 is 10.9. The molecular weight excluding hydrogens is 232 g/mol. The van der Waals surface area contributed by atoms with E-state index in [1.807, 2.05) is 27.7 Å². The monoisotopic (exact) mass is 254 g/mol. The third kappa shape index (κ3) is 5.16. The lowest BCUT2D eigenvalue weighted by Crippen LogP contribution is -2.15. The predicted octanol–water partition coefficient (Wildman–Crippen LogP) is 2.27. The van der Waals surface area contributed by atoms with Crippen LogP contribution in [-0.2, 0) is 0 Å². The third-order valence-corrected chi connectivity index (χ3v) is 1.81. The molecule has 0 unspecified atom stereocenters. The molecule has 102 valence electrons. The average molecular weight is 254 g/mol. The van der Waals surface area contributed by atoms with Crippen LogP contribution in [0, 0.1) is 0 Å². The highest BCUT2D eigenvalue weighted by molar-refractivity contribution is 5.27. The largest absolute Gasteiger partial charge is 0.461 e. The zero-order chi connectivity index (χ0) is 13.5. The minimum atomic E-state index is 0.0123. The van der Waals surface area contributed by atoms with E-state index in [-0.39, 0.29) is 24.2 Å². The first-order valence-electron chi connectivity index (χ1n) is 6.34. The first-order chi connectivity index (χ1) is 8.51. The van der Waals surface area contributed by atoms with Crippen molar-refractivity contribution >= 4 is 5.95 Å². The molecule has 0 aromatic carbocycles. The minimum absolute atomic E-state index is 0.0123. The second kappa shape index (κ2) is 6.98. The van der Waals surface area contributed by atoms with Gasteiger partial charge in [-0.2, -0.15) is 9.97 Å². The molecule has 1 rings (SSSR count). The number of nitrogens with zero attached hydrogens (tertiary/aromatic N) is 3. The van der Waals surface area contributed by atoms with Crippen molar-refractivity contribution in [3.05, 3.63) is 0 Å². The van der Waals surface area contributed by atoms with Crippen LogP contribution in [0.3, 0.4) is 0 Å². The maximum atomic E-state index is 5.47. The number of hydrogen-bond acceptors (Lipinski definition) is 6. The van der Waals surface area contributed by atoms with Crippen LogP contribution in [0.15, 0.2) is 0 Å². The Morgan fingerprint density at radius 3 is 1.83 bits per heavy atom. The Kier molecular flexibility index (Phi) is 5.61. The molecular formula is C12H22N4O2. The summed E-state index contributed by atoms with van der Waals surface area (Å²) in [6, 6.07) is 0.573. The average Bonchev–Trinajstić information content (AvgIpc) is 2.24. The molecule has 0 aliphatic carbocycles. The topological polar surface area (TPSA) is 69.2 Å². The maximum Gasteiger partial charge on any atom is 0.324 e. The number of aromatic nitrogens is 3. The number of anilines is 1. The van der Waals surface area contributed by atoms with E-state index in [0.717, 1.165) is 13.0 Å². The lowest BCUT2D eigenvalue weighted by Gasteiger charge is -2.12. The Labute approximate surface area is 108 Å². The third-order valence-electron chi connectivity index (χ3n) is 1.81. The van der Waals surface area contributed by atoms with Crippen molar-refractivity contribution in [1.82, 2.24) is 15.0 Å². The lowest BCUT2D eigenvalue weighted by molar-refractivity contribution is 0.197. The molecule has 0 atom stereocenters. The Morgan fingerprint density at radius 2 is 1.44 bits per heavy atom. The van der Waals surface area contributed by atoms with Gasteiger partial charge in [-0.3, -0.25) is 0 Å². The van der Waals surface area contributed by atoms with E-state index in [9.17, 15) is 0 Å². The molecule has 6 heteroatoms. The van der Waals surface area contributed by atoms with Crippen molar-refractivity contribution in [2.75, 3.05) is 11.9 Å². The van der Waals surface area contributed by atoms with Crippen LogP contribution in [0.25, 0.3) is 0 Å². The van der Waals surface area contributed by atoms with Gasteiger partial charge in [0.25, 0.3) is 0 Å². The number of nitrogens with one attached hydrogen (secondary N) is 1. The normalized spacial score (nSPS) is 10.8. The summed E-state index contributed by atoms with van der Waals surface area (Å²) in [5.41, 5.74) is 0. The summed E-state index contributed by atoms with van der Waals surface area (Å²) in [5.74, 6) is 0.484. The zero-order valence-corrected chi connectivity index (χ0v) is 11.7. The van der Waals surface area contributed by atoms with E-state index in [1.165, 1.54) is 0 Å². The van der Waals surface area contributed by atoms with E-state index in [0.29, 0.717) is 5.95 Å². The van der Waals surface area contributed by atoms with E-state index in [1.54, 1.807) is 0 Å². The lowest BCUT2D eigenvalue weighted by atomic mass is 10.5. The zero-order valence-electron chi connectivity index (χ0n) is 11.7. The molecule has 0 amide bonds. The van der Waals surface area contributed by atoms with Crippen LogP contribution in [0.4, 0.5) is 5.95 Å². The molecule has 0 spiro atoms. The molecule has 1 N–H and O–H groups in total. The van der Waals surface area contributed by atoms with Crippen LogP contribution in [0.1, 0.15) is 41.0 Å². The molecule has 0 fully saturated rings. The van der Waals surface area contributed by atoms with Gasteiger partial charge in [-0.15, -0.1) is 4.98 Å². The van der Waals surface area contributed by atoms with Gasteiger partial charge in [0.2, 0.25) is 5.95 Å². The van der Waals surface area contributed by atoms with Crippen molar-refractivity contribution < 1.29 is 9.47 Å². The quantitative estimate of drug-likeness (QED) is 0.805. The highest BCUT2D eigenvalue weighted by Gasteiger charge is 2.10. The van der Waals surface area contributed by atoms with Gasteiger partial charge in [-0.25, -0.2) is 0 Å². The standard InChI is InChI=1S/C12H22N4O2/c1-6-7-13-10-14-11(17-8(2)3)16-12(15-10)18-9(4)5/h8-9H,6-7H2,1-5H3,(H,13,14,15,16). The summed E-state index contributed by atoms with van der Waals surface area (Å²) in [5, 5.41) is 3.10. The van der Waals surface area contributed by atoms with Crippen LogP contribution in [0.2, 0.25) is 0 Å². The molecule has 0 radical (unpaired) electrons. The van der Waals surface area contributed by atoms with E-state index >= 15 is 0 Å². The highest BCUT2D eigenvalue weighted by atomic mass is 16.5. The van der Waals surface area contributed by atoms with Crippen molar-refractivity contribution in [1.29, 1.82) is 0 Å². The molecule has 1 aromatic heterocycles. The molecule has 1 aromatic rings. The predicted molar refractivity (Wildman–Crippen MR) is 70.1 cm³/mol. The Hall–Kier alpha value is -1.59. The van der Waals surface area contributed by atoms with Crippen LogP contribution in [0.5, 0.6) is 12.0 Å². The van der Waals surface area contributed by atoms with Crippen LogP contribution < -0.4 is 14.8 Å². The molecule has 0 saturated heterocycles. The van der Waals surface area contributed by atoms with Gasteiger partial charge in [0.05, 0.1) is 12.2 Å². The van der Waals surface area contributed by atoms with E-state index in [2.05, 4.69) is 27.2 Å². The summed E-state index contributed by atoms with van der Waals surface area (Å²) >= 11 is 0. The van der Waals surface area contributed by atoms with Gasteiger partial charge in [0.15, 0.2) is 0 Å². The van der Waals surface area contributed by atoms with Gasteiger partial charge in [0, 0.05) is 6.54 Å². The van der Waals surface area contributed by atoms with Gasteiger partial charge < -0.3 is 14.8 Å². The Bertz CT molecular complexity index is 341. The van der Waals surface area contributed by atoms with Gasteiger partial charge in [-0.1, -0.05) is 6.92 Å². The fourth-order valence-electron chi connectivity index (χ4n) is 1.18. The molecule has 0 aliphatic heterocycles. The van der Waals surface area contributed by atoms with Gasteiger partial charge >= 0.3 is 12.0 Å². The molecule has 6 nitrogen and oxygen atoms in total. The van der Waals surface area contributed by atoms with Crippen molar-refractivity contribution in [2.45, 2.75) is 53.2 Å². The summed E-state index contributed by atoms with van der Waals surface area (Å²) in [6.07, 6.45) is 1.02. The highest BCUT2D eigenvalue weighted by Crippen LogP contribution is 2.15. The van der Waals surface area contributed by atoms with Gasteiger partial charge in [-0.05, 0) is 34.1 Å². The minimum Gasteiger partial charge on any atom is -0.461 e. The van der Waals surface area contributed by atoms with Crippen molar-refractivity contribution in [2.24, 2.45) is 0 Å². The Morgan fingerprint density at radius 1 is 0.944 bits per heavy atom. The number of rotatable bonds is 7. The molecule has 0 saturated carbocycles. The smallest absolute Gasteiger partial charge is 0.324 e.